The van der Waals surface area contributed by atoms with E-state index in [-0.39, 0.29) is 18.6 Å². The van der Waals surface area contributed by atoms with Crippen LogP contribution in [0.25, 0.3) is 5.70 Å². The van der Waals surface area contributed by atoms with Crippen LogP contribution >= 0.6 is 0 Å². The highest BCUT2D eigenvalue weighted by molar-refractivity contribution is 6.08. The molecule has 1 saturated heterocycles. The number of allylic oxidation sites excluding steroid dienone is 2. The minimum absolute atomic E-state index is 0.114. The van der Waals surface area contributed by atoms with Crippen LogP contribution in [0.4, 0.5) is 17.1 Å². The predicted octanol–water partition coefficient (Wildman–Crippen LogP) is 5.21. The highest BCUT2D eigenvalue weighted by atomic mass is 16.5. The standard InChI is InChI=1S/C28H39N5O2.C2H6O/c1-3-8-23(4-2)35-27(31)16-15-25(29)20-9-11-21(12-10-20)32-28(34)24-19-22(13-14-26(24)30)33-17-6-5-7-18-33;1-2-3/h9-16,19,23H,3-8,17-18,29-31H2,1-2H3,(H,32,34);3H,2H2,1H3/b25-15-,27-16+;. The Morgan fingerprint density at radius 1 is 1.05 bits per heavy atom. The van der Waals surface area contributed by atoms with Gasteiger partial charge in [0, 0.05) is 42.5 Å². The molecule has 0 aromatic heterocycles. The highest BCUT2D eigenvalue weighted by Crippen LogP contribution is 2.25. The normalized spacial score (nSPS) is 14.8. The largest absolute Gasteiger partial charge is 0.476 e. The number of aliphatic hydroxyl groups excluding tert-OH is 1. The smallest absolute Gasteiger partial charge is 0.257 e. The monoisotopic (exact) mass is 523 g/mol. The molecule has 1 amide bonds. The minimum atomic E-state index is -0.233. The summed E-state index contributed by atoms with van der Waals surface area (Å²) in [7, 11) is 0. The maximum Gasteiger partial charge on any atom is 0.257 e. The number of ether oxygens (including phenoxy) is 1. The van der Waals surface area contributed by atoms with Crippen molar-refractivity contribution in [3.8, 4) is 0 Å². The van der Waals surface area contributed by atoms with Crippen molar-refractivity contribution in [3.05, 3.63) is 71.6 Å². The molecule has 1 aliphatic heterocycles. The van der Waals surface area contributed by atoms with Gasteiger partial charge in [0.2, 0.25) is 0 Å². The zero-order chi connectivity index (χ0) is 27.9. The first kappa shape index (κ1) is 30.6. The van der Waals surface area contributed by atoms with E-state index in [9.17, 15) is 4.79 Å². The third kappa shape index (κ3) is 9.67. The molecule has 1 unspecified atom stereocenters. The van der Waals surface area contributed by atoms with Gasteiger partial charge in [0.05, 0.1) is 5.56 Å². The summed E-state index contributed by atoms with van der Waals surface area (Å²) in [4.78, 5) is 15.3. The molecule has 0 spiro atoms. The summed E-state index contributed by atoms with van der Waals surface area (Å²) >= 11 is 0. The summed E-state index contributed by atoms with van der Waals surface area (Å²) in [6.07, 6.45) is 10.0. The second-order valence-electron chi connectivity index (χ2n) is 9.29. The van der Waals surface area contributed by atoms with E-state index in [0.717, 1.165) is 43.6 Å². The Morgan fingerprint density at radius 2 is 1.71 bits per heavy atom. The lowest BCUT2D eigenvalue weighted by Crippen LogP contribution is -2.29. The van der Waals surface area contributed by atoms with Crippen molar-refractivity contribution < 1.29 is 14.6 Å². The van der Waals surface area contributed by atoms with Gasteiger partial charge in [-0.1, -0.05) is 32.4 Å². The number of carbonyl (C=O) groups is 1. The maximum absolute atomic E-state index is 12.9. The Kier molecular flexibility index (Phi) is 13.1. The van der Waals surface area contributed by atoms with Crippen molar-refractivity contribution >= 4 is 28.7 Å². The summed E-state index contributed by atoms with van der Waals surface area (Å²) in [5, 5.41) is 10.5. The number of aliphatic hydroxyl groups is 1. The molecular weight excluding hydrogens is 478 g/mol. The van der Waals surface area contributed by atoms with E-state index < -0.39 is 0 Å². The number of hydrogen-bond donors (Lipinski definition) is 5. The molecule has 0 aliphatic carbocycles. The third-order valence-electron chi connectivity index (χ3n) is 6.27. The second-order valence-corrected chi connectivity index (χ2v) is 9.29. The molecule has 0 saturated carbocycles. The SMILES string of the molecule is CCCC(CC)O/C(N)=C/C=C(\N)c1ccc(NC(=O)c2cc(N3CCCCC3)ccc2N)cc1.CCO. The molecule has 1 heterocycles. The molecule has 1 fully saturated rings. The van der Waals surface area contributed by atoms with Crippen LogP contribution in [0.5, 0.6) is 0 Å². The van der Waals surface area contributed by atoms with Gasteiger partial charge < -0.3 is 37.3 Å². The third-order valence-corrected chi connectivity index (χ3v) is 6.27. The maximum atomic E-state index is 12.9. The van der Waals surface area contributed by atoms with Gasteiger partial charge in [-0.3, -0.25) is 4.79 Å². The van der Waals surface area contributed by atoms with Gasteiger partial charge in [-0.05, 0) is 87.1 Å². The number of nitrogens with two attached hydrogens (primary N) is 3. The van der Waals surface area contributed by atoms with E-state index in [0.29, 0.717) is 28.5 Å². The topological polar surface area (TPSA) is 140 Å². The van der Waals surface area contributed by atoms with Gasteiger partial charge in [0.15, 0.2) is 5.88 Å². The number of nitrogen functional groups attached to an aromatic ring is 1. The molecule has 1 atom stereocenters. The molecule has 1 aliphatic rings. The number of benzene rings is 2. The van der Waals surface area contributed by atoms with E-state index in [1.54, 1.807) is 25.1 Å². The van der Waals surface area contributed by atoms with Crippen LogP contribution in [-0.2, 0) is 4.74 Å². The lowest BCUT2D eigenvalue weighted by molar-refractivity contribution is 0.102. The number of carbonyl (C=O) groups excluding carboxylic acids is 1. The van der Waals surface area contributed by atoms with Crippen LogP contribution in [-0.4, -0.2) is 36.8 Å². The average molecular weight is 524 g/mol. The van der Waals surface area contributed by atoms with Crippen LogP contribution in [0.15, 0.2) is 60.5 Å². The van der Waals surface area contributed by atoms with Crippen molar-refractivity contribution in [3.63, 3.8) is 0 Å². The quantitative estimate of drug-likeness (QED) is 0.164. The minimum Gasteiger partial charge on any atom is -0.476 e. The Balaban J connectivity index is 0.00000161. The number of amides is 1. The summed E-state index contributed by atoms with van der Waals surface area (Å²) in [5.74, 6) is 0.115. The van der Waals surface area contributed by atoms with Crippen LogP contribution in [0, 0.1) is 0 Å². The summed E-state index contributed by atoms with van der Waals surface area (Å²) < 4.78 is 5.77. The van der Waals surface area contributed by atoms with Gasteiger partial charge >= 0.3 is 0 Å². The van der Waals surface area contributed by atoms with Crippen molar-refractivity contribution in [2.75, 3.05) is 35.6 Å². The predicted molar refractivity (Wildman–Crippen MR) is 159 cm³/mol. The summed E-state index contributed by atoms with van der Waals surface area (Å²) in [6.45, 7) is 8.15. The fraction of sp³-hybridized carbons (Fsp3) is 0.433. The summed E-state index contributed by atoms with van der Waals surface area (Å²) in [6, 6.07) is 13.0. The first-order chi connectivity index (χ1) is 18.3. The zero-order valence-corrected chi connectivity index (χ0v) is 23.1. The van der Waals surface area contributed by atoms with Gasteiger partial charge in [0.1, 0.15) is 6.10 Å². The molecule has 8 nitrogen and oxygen atoms in total. The first-order valence-electron chi connectivity index (χ1n) is 13.6. The molecule has 2 aromatic carbocycles. The van der Waals surface area contributed by atoms with Crippen LogP contribution < -0.4 is 27.4 Å². The molecular formula is C30H45N5O3. The summed E-state index contributed by atoms with van der Waals surface area (Å²) in [5.41, 5.74) is 22.3. The Hall–Kier alpha value is -3.65. The number of nitrogens with one attached hydrogen (secondary N) is 1. The van der Waals surface area contributed by atoms with E-state index in [2.05, 4.69) is 24.1 Å². The Morgan fingerprint density at radius 3 is 2.32 bits per heavy atom. The van der Waals surface area contributed by atoms with E-state index in [1.807, 2.05) is 36.4 Å². The fourth-order valence-electron chi connectivity index (χ4n) is 4.20. The Labute approximate surface area is 227 Å². The van der Waals surface area contributed by atoms with E-state index in [4.69, 9.17) is 27.0 Å². The molecule has 2 aromatic rings. The molecule has 0 radical (unpaired) electrons. The number of piperidine rings is 1. The van der Waals surface area contributed by atoms with Crippen molar-refractivity contribution in [2.24, 2.45) is 11.5 Å². The molecule has 0 bridgehead atoms. The number of nitrogens with zero attached hydrogens (tertiary/aromatic N) is 1. The van der Waals surface area contributed by atoms with Gasteiger partial charge in [-0.25, -0.2) is 0 Å². The molecule has 8 heteroatoms. The second kappa shape index (κ2) is 16.2. The van der Waals surface area contributed by atoms with Gasteiger partial charge in [-0.2, -0.15) is 0 Å². The first-order valence-corrected chi connectivity index (χ1v) is 13.6. The molecule has 208 valence electrons. The van der Waals surface area contributed by atoms with Crippen LogP contribution in [0.1, 0.15) is 75.2 Å². The van der Waals surface area contributed by atoms with E-state index in [1.165, 1.54) is 19.3 Å². The lowest BCUT2D eigenvalue weighted by Gasteiger charge is -2.29. The number of anilines is 3. The molecule has 8 N–H and O–H groups in total. The van der Waals surface area contributed by atoms with Crippen molar-refractivity contribution in [2.45, 2.75) is 65.4 Å². The number of hydrogen-bond acceptors (Lipinski definition) is 7. The van der Waals surface area contributed by atoms with Crippen LogP contribution in [0.3, 0.4) is 0 Å². The van der Waals surface area contributed by atoms with Gasteiger partial charge in [-0.15, -0.1) is 0 Å². The van der Waals surface area contributed by atoms with E-state index >= 15 is 0 Å². The van der Waals surface area contributed by atoms with Gasteiger partial charge in [0.25, 0.3) is 5.91 Å². The van der Waals surface area contributed by atoms with Crippen molar-refractivity contribution in [1.29, 1.82) is 0 Å². The zero-order valence-electron chi connectivity index (χ0n) is 23.1. The fourth-order valence-corrected chi connectivity index (χ4v) is 4.20. The molecule has 3 rings (SSSR count). The molecule has 38 heavy (non-hydrogen) atoms. The Bertz CT molecular complexity index is 1060. The highest BCUT2D eigenvalue weighted by Gasteiger charge is 2.16. The van der Waals surface area contributed by atoms with Crippen LogP contribution in [0.2, 0.25) is 0 Å². The van der Waals surface area contributed by atoms with Crippen molar-refractivity contribution in [1.82, 2.24) is 0 Å². The number of rotatable bonds is 10. The lowest BCUT2D eigenvalue weighted by atomic mass is 10.1. The average Bonchev–Trinajstić information content (AvgIpc) is 2.93.